The summed E-state index contributed by atoms with van der Waals surface area (Å²) in [6.07, 6.45) is 1.13. The molecule has 0 aliphatic rings. The van der Waals surface area contributed by atoms with Gasteiger partial charge in [0.05, 0.1) is 5.56 Å². The van der Waals surface area contributed by atoms with Crippen LogP contribution in [0, 0.1) is 11.3 Å². The van der Waals surface area contributed by atoms with E-state index in [1.807, 2.05) is 6.07 Å². The third-order valence-corrected chi connectivity index (χ3v) is 4.53. The highest BCUT2D eigenvalue weighted by Gasteiger charge is 2.06. The Kier molecular flexibility index (Phi) is 9.16. The molecule has 1 aromatic carbocycles. The summed E-state index contributed by atoms with van der Waals surface area (Å²) in [5.74, 6) is 1.03. The van der Waals surface area contributed by atoms with Crippen LogP contribution in [0.2, 0.25) is 0 Å². The highest BCUT2D eigenvalue weighted by Crippen LogP contribution is 2.23. The fraction of sp³-hybridized carbons (Fsp3) is 0.588. The molecule has 0 radical (unpaired) electrons. The van der Waals surface area contributed by atoms with Gasteiger partial charge in [0.25, 0.3) is 0 Å². The lowest BCUT2D eigenvalue weighted by Crippen LogP contribution is -2.25. The average molecular weight is 305 g/mol. The zero-order valence-electron chi connectivity index (χ0n) is 13.5. The Labute approximate surface area is 133 Å². The Bertz CT molecular complexity index is 450. The number of nitrogens with zero attached hydrogens (tertiary/aromatic N) is 2. The first kappa shape index (κ1) is 18.0. The van der Waals surface area contributed by atoms with Crippen LogP contribution in [-0.2, 0) is 6.54 Å². The number of hydrogen-bond donors (Lipinski definition) is 1. The first-order valence-electron chi connectivity index (χ1n) is 7.84. The highest BCUT2D eigenvalue weighted by molar-refractivity contribution is 7.99. The molecule has 0 amide bonds. The lowest BCUT2D eigenvalue weighted by molar-refractivity contribution is 0.324. The smallest absolute Gasteiger partial charge is 0.100 e. The monoisotopic (exact) mass is 305 g/mol. The predicted octanol–water partition coefficient (Wildman–Crippen LogP) is 3.49. The summed E-state index contributed by atoms with van der Waals surface area (Å²) in [4.78, 5) is 3.51. The molecule has 1 aromatic rings. The minimum Gasteiger partial charge on any atom is -0.313 e. The van der Waals surface area contributed by atoms with Crippen molar-refractivity contribution in [2.24, 2.45) is 0 Å². The fourth-order valence-electron chi connectivity index (χ4n) is 2.13. The van der Waals surface area contributed by atoms with Gasteiger partial charge in [0.1, 0.15) is 6.07 Å². The third-order valence-electron chi connectivity index (χ3n) is 3.48. The van der Waals surface area contributed by atoms with Crippen molar-refractivity contribution >= 4 is 11.8 Å². The largest absolute Gasteiger partial charge is 0.313 e. The first-order chi connectivity index (χ1) is 10.2. The molecule has 0 aliphatic heterocycles. The van der Waals surface area contributed by atoms with E-state index >= 15 is 0 Å². The van der Waals surface area contributed by atoms with Gasteiger partial charge < -0.3 is 10.2 Å². The SMILES string of the molecule is CCCNCc1ccc(SCCN(CC)CC)c(C#N)c1. The molecular weight excluding hydrogens is 278 g/mol. The molecule has 0 bridgehead atoms. The molecule has 116 valence electrons. The van der Waals surface area contributed by atoms with Gasteiger partial charge in [0.2, 0.25) is 0 Å². The first-order valence-corrected chi connectivity index (χ1v) is 8.82. The molecule has 0 saturated carbocycles. The topological polar surface area (TPSA) is 39.1 Å². The molecule has 1 rings (SSSR count). The van der Waals surface area contributed by atoms with Crippen molar-refractivity contribution in [3.8, 4) is 6.07 Å². The quantitative estimate of drug-likeness (QED) is 0.530. The zero-order chi connectivity index (χ0) is 15.5. The van der Waals surface area contributed by atoms with Gasteiger partial charge in [-0.05, 0) is 43.8 Å². The van der Waals surface area contributed by atoms with E-state index in [1.165, 1.54) is 5.56 Å². The Morgan fingerprint density at radius 2 is 2.00 bits per heavy atom. The van der Waals surface area contributed by atoms with Gasteiger partial charge in [-0.25, -0.2) is 0 Å². The van der Waals surface area contributed by atoms with Gasteiger partial charge in [-0.2, -0.15) is 5.26 Å². The van der Waals surface area contributed by atoms with Crippen molar-refractivity contribution in [3.05, 3.63) is 29.3 Å². The summed E-state index contributed by atoms with van der Waals surface area (Å²) < 4.78 is 0. The number of benzene rings is 1. The summed E-state index contributed by atoms with van der Waals surface area (Å²) in [6.45, 7) is 11.6. The maximum absolute atomic E-state index is 9.32. The number of thioether (sulfide) groups is 1. The molecule has 0 aromatic heterocycles. The van der Waals surface area contributed by atoms with Crippen molar-refractivity contribution in [1.29, 1.82) is 5.26 Å². The second-order valence-corrected chi connectivity index (χ2v) is 6.13. The molecule has 1 N–H and O–H groups in total. The van der Waals surface area contributed by atoms with Crippen LogP contribution in [0.4, 0.5) is 0 Å². The van der Waals surface area contributed by atoms with Crippen molar-refractivity contribution < 1.29 is 0 Å². The molecule has 21 heavy (non-hydrogen) atoms. The molecule has 4 heteroatoms. The summed E-state index contributed by atoms with van der Waals surface area (Å²) in [7, 11) is 0. The minimum atomic E-state index is 0.801. The molecule has 0 unspecified atom stereocenters. The normalized spacial score (nSPS) is 10.8. The Morgan fingerprint density at radius 3 is 2.62 bits per heavy atom. The van der Waals surface area contributed by atoms with E-state index in [1.54, 1.807) is 11.8 Å². The van der Waals surface area contributed by atoms with E-state index in [0.717, 1.165) is 55.4 Å². The van der Waals surface area contributed by atoms with Gasteiger partial charge in [-0.1, -0.05) is 26.8 Å². The molecule has 0 aliphatic carbocycles. The van der Waals surface area contributed by atoms with E-state index in [-0.39, 0.29) is 0 Å². The van der Waals surface area contributed by atoms with Gasteiger partial charge in [-0.3, -0.25) is 0 Å². The van der Waals surface area contributed by atoms with Crippen LogP contribution in [0.3, 0.4) is 0 Å². The van der Waals surface area contributed by atoms with Crippen LogP contribution >= 0.6 is 11.8 Å². The van der Waals surface area contributed by atoms with E-state index < -0.39 is 0 Å². The van der Waals surface area contributed by atoms with Gasteiger partial charge >= 0.3 is 0 Å². The summed E-state index contributed by atoms with van der Waals surface area (Å²) in [6, 6.07) is 8.57. The highest BCUT2D eigenvalue weighted by atomic mass is 32.2. The van der Waals surface area contributed by atoms with Crippen LogP contribution in [0.15, 0.2) is 23.1 Å². The predicted molar refractivity (Wildman–Crippen MR) is 91.7 cm³/mol. The van der Waals surface area contributed by atoms with Crippen molar-refractivity contribution in [3.63, 3.8) is 0 Å². The average Bonchev–Trinajstić information content (AvgIpc) is 2.52. The van der Waals surface area contributed by atoms with Gasteiger partial charge in [0.15, 0.2) is 0 Å². The van der Waals surface area contributed by atoms with Crippen molar-refractivity contribution in [2.75, 3.05) is 31.9 Å². The Morgan fingerprint density at radius 1 is 1.24 bits per heavy atom. The Hall–Kier alpha value is -1.02. The Balaban J connectivity index is 2.56. The minimum absolute atomic E-state index is 0.801. The van der Waals surface area contributed by atoms with E-state index in [4.69, 9.17) is 0 Å². The maximum Gasteiger partial charge on any atom is 0.100 e. The summed E-state index contributed by atoms with van der Waals surface area (Å²) in [5.41, 5.74) is 1.99. The number of rotatable bonds is 10. The number of hydrogen-bond acceptors (Lipinski definition) is 4. The van der Waals surface area contributed by atoms with Crippen LogP contribution in [0.5, 0.6) is 0 Å². The van der Waals surface area contributed by atoms with Crippen LogP contribution in [0.1, 0.15) is 38.3 Å². The zero-order valence-corrected chi connectivity index (χ0v) is 14.3. The van der Waals surface area contributed by atoms with Crippen LogP contribution in [-0.4, -0.2) is 36.8 Å². The van der Waals surface area contributed by atoms with Gasteiger partial charge in [-0.15, -0.1) is 11.8 Å². The van der Waals surface area contributed by atoms with Crippen LogP contribution in [0.25, 0.3) is 0 Å². The second kappa shape index (κ2) is 10.7. The van der Waals surface area contributed by atoms with E-state index in [9.17, 15) is 5.26 Å². The lowest BCUT2D eigenvalue weighted by atomic mass is 10.1. The number of nitrogens with one attached hydrogen (secondary N) is 1. The van der Waals surface area contributed by atoms with Crippen LogP contribution < -0.4 is 5.32 Å². The maximum atomic E-state index is 9.32. The summed E-state index contributed by atoms with van der Waals surface area (Å²) in [5, 5.41) is 12.7. The number of nitriles is 1. The van der Waals surface area contributed by atoms with Gasteiger partial charge in [0, 0.05) is 23.7 Å². The molecule has 0 saturated heterocycles. The third kappa shape index (κ3) is 6.52. The molecule has 0 atom stereocenters. The van der Waals surface area contributed by atoms with E-state index in [2.05, 4.69) is 49.2 Å². The molecular formula is C17H27N3S. The molecule has 0 fully saturated rings. The molecule has 0 spiro atoms. The van der Waals surface area contributed by atoms with Crippen molar-refractivity contribution in [1.82, 2.24) is 10.2 Å². The summed E-state index contributed by atoms with van der Waals surface area (Å²) >= 11 is 1.78. The second-order valence-electron chi connectivity index (χ2n) is 4.99. The van der Waals surface area contributed by atoms with E-state index in [0.29, 0.717) is 0 Å². The molecule has 0 heterocycles. The molecule has 3 nitrogen and oxygen atoms in total. The van der Waals surface area contributed by atoms with Crippen molar-refractivity contribution in [2.45, 2.75) is 38.6 Å². The standard InChI is InChI=1S/C17H27N3S/c1-4-9-19-14-15-7-8-17(16(12-15)13-18)21-11-10-20(5-2)6-3/h7-8,12,19H,4-6,9-11,14H2,1-3H3. The fourth-order valence-corrected chi connectivity index (χ4v) is 3.13. The lowest BCUT2D eigenvalue weighted by Gasteiger charge is -2.17.